The highest BCUT2D eigenvalue weighted by Gasteiger charge is 2.12. The summed E-state index contributed by atoms with van der Waals surface area (Å²) in [5.41, 5.74) is 0. The van der Waals surface area contributed by atoms with E-state index in [9.17, 15) is 4.79 Å². The number of halogens is 1. The largest absolute Gasteiger partial charge is 0.384 e. The summed E-state index contributed by atoms with van der Waals surface area (Å²) < 4.78 is 4.84. The maximum atomic E-state index is 11.2. The maximum Gasteiger partial charge on any atom is 0.222 e. The lowest BCUT2D eigenvalue weighted by Gasteiger charge is -2.22. The molecule has 1 heterocycles. The van der Waals surface area contributed by atoms with Crippen LogP contribution in [0.5, 0.6) is 0 Å². The molecule has 1 aliphatic rings. The van der Waals surface area contributed by atoms with Gasteiger partial charge in [-0.05, 0) is 38.3 Å². The average molecular weight is 251 g/mol. The van der Waals surface area contributed by atoms with E-state index in [-0.39, 0.29) is 18.3 Å². The molecule has 1 rings (SSSR count). The zero-order valence-corrected chi connectivity index (χ0v) is 10.8. The van der Waals surface area contributed by atoms with Crippen LogP contribution in [0.1, 0.15) is 25.7 Å². The first kappa shape index (κ1) is 15.7. The van der Waals surface area contributed by atoms with E-state index in [1.165, 1.54) is 12.8 Å². The molecule has 0 aromatic heterocycles. The number of hydrogen-bond acceptors (Lipinski definition) is 3. The van der Waals surface area contributed by atoms with Crippen LogP contribution in [0.25, 0.3) is 0 Å². The van der Waals surface area contributed by atoms with Crippen molar-refractivity contribution >= 4 is 18.3 Å². The molecule has 1 atom stereocenters. The summed E-state index contributed by atoms with van der Waals surface area (Å²) in [5, 5.41) is 6.29. The number of rotatable bonds is 6. The highest BCUT2D eigenvalue weighted by molar-refractivity contribution is 5.85. The molecule has 0 radical (unpaired) electrons. The lowest BCUT2D eigenvalue weighted by Crippen LogP contribution is -2.33. The molecule has 2 N–H and O–H groups in total. The first-order valence-electron chi connectivity index (χ1n) is 5.79. The number of amides is 1. The summed E-state index contributed by atoms with van der Waals surface area (Å²) in [6.07, 6.45) is 4.12. The lowest BCUT2D eigenvalue weighted by atomic mass is 9.96. The number of hydrogen-bond donors (Lipinski definition) is 2. The SMILES string of the molecule is COCCC(=O)NCCC1CCCNC1.Cl. The molecule has 0 aromatic carbocycles. The average Bonchev–Trinajstić information content (AvgIpc) is 2.28. The minimum Gasteiger partial charge on any atom is -0.384 e. The van der Waals surface area contributed by atoms with Gasteiger partial charge in [0.05, 0.1) is 6.61 Å². The van der Waals surface area contributed by atoms with Crippen molar-refractivity contribution < 1.29 is 9.53 Å². The monoisotopic (exact) mass is 250 g/mol. The Bertz CT molecular complexity index is 185. The van der Waals surface area contributed by atoms with E-state index in [0.717, 1.165) is 32.0 Å². The van der Waals surface area contributed by atoms with E-state index in [2.05, 4.69) is 10.6 Å². The molecule has 1 fully saturated rings. The van der Waals surface area contributed by atoms with Crippen LogP contribution in [0.3, 0.4) is 0 Å². The first-order valence-corrected chi connectivity index (χ1v) is 5.79. The van der Waals surface area contributed by atoms with Crippen LogP contribution in [0, 0.1) is 5.92 Å². The van der Waals surface area contributed by atoms with Gasteiger partial charge in [-0.25, -0.2) is 0 Å². The van der Waals surface area contributed by atoms with E-state index in [4.69, 9.17) is 4.74 Å². The van der Waals surface area contributed by atoms with Crippen LogP contribution in [0.2, 0.25) is 0 Å². The Morgan fingerprint density at radius 2 is 2.38 bits per heavy atom. The number of methoxy groups -OCH3 is 1. The zero-order chi connectivity index (χ0) is 10.9. The smallest absolute Gasteiger partial charge is 0.222 e. The van der Waals surface area contributed by atoms with E-state index in [0.29, 0.717) is 13.0 Å². The molecule has 16 heavy (non-hydrogen) atoms. The maximum absolute atomic E-state index is 11.2. The minimum absolute atomic E-state index is 0. The number of carbonyl (C=O) groups is 1. The Kier molecular flexibility index (Phi) is 9.68. The third kappa shape index (κ3) is 7.04. The van der Waals surface area contributed by atoms with Crippen molar-refractivity contribution in [3.8, 4) is 0 Å². The van der Waals surface area contributed by atoms with Gasteiger partial charge in [-0.15, -0.1) is 12.4 Å². The van der Waals surface area contributed by atoms with Crippen molar-refractivity contribution in [3.05, 3.63) is 0 Å². The molecule has 0 aromatic rings. The number of piperidine rings is 1. The van der Waals surface area contributed by atoms with Gasteiger partial charge in [-0.2, -0.15) is 0 Å². The fourth-order valence-corrected chi connectivity index (χ4v) is 1.87. The molecule has 4 nitrogen and oxygen atoms in total. The second-order valence-electron chi connectivity index (χ2n) is 4.09. The van der Waals surface area contributed by atoms with E-state index in [1.807, 2.05) is 0 Å². The zero-order valence-electron chi connectivity index (χ0n) is 9.96. The molecule has 1 saturated heterocycles. The predicted octanol–water partition coefficient (Wildman–Crippen LogP) is 0.951. The second kappa shape index (κ2) is 9.87. The Balaban J connectivity index is 0.00000225. The van der Waals surface area contributed by atoms with Crippen molar-refractivity contribution in [2.75, 3.05) is 33.4 Å². The standard InChI is InChI=1S/C11H22N2O2.ClH/c1-15-8-5-11(14)13-7-4-10-3-2-6-12-9-10;/h10,12H,2-9H2,1H3,(H,13,14);1H. The highest BCUT2D eigenvalue weighted by Crippen LogP contribution is 2.12. The van der Waals surface area contributed by atoms with Crippen molar-refractivity contribution in [2.24, 2.45) is 5.92 Å². The number of nitrogens with one attached hydrogen (secondary N) is 2. The van der Waals surface area contributed by atoms with Gasteiger partial charge in [-0.1, -0.05) is 0 Å². The molecule has 1 aliphatic heterocycles. The summed E-state index contributed by atoms with van der Waals surface area (Å²) >= 11 is 0. The molecule has 96 valence electrons. The molecule has 1 amide bonds. The topological polar surface area (TPSA) is 50.4 Å². The molecule has 1 unspecified atom stereocenters. The first-order chi connectivity index (χ1) is 7.33. The van der Waals surface area contributed by atoms with E-state index in [1.54, 1.807) is 7.11 Å². The predicted molar refractivity (Wildman–Crippen MR) is 67.0 cm³/mol. The molecule has 0 spiro atoms. The Morgan fingerprint density at radius 3 is 3.00 bits per heavy atom. The molecule has 5 heteroatoms. The van der Waals surface area contributed by atoms with Crippen LogP contribution < -0.4 is 10.6 Å². The number of ether oxygens (including phenoxy) is 1. The highest BCUT2D eigenvalue weighted by atomic mass is 35.5. The fourth-order valence-electron chi connectivity index (χ4n) is 1.87. The second-order valence-corrected chi connectivity index (χ2v) is 4.09. The Hall–Kier alpha value is -0.320. The van der Waals surface area contributed by atoms with Gasteiger partial charge in [-0.3, -0.25) is 4.79 Å². The quantitative estimate of drug-likeness (QED) is 0.738. The number of carbonyl (C=O) groups excluding carboxylic acids is 1. The lowest BCUT2D eigenvalue weighted by molar-refractivity contribution is -0.122. The van der Waals surface area contributed by atoms with Crippen molar-refractivity contribution in [2.45, 2.75) is 25.7 Å². The Morgan fingerprint density at radius 1 is 1.56 bits per heavy atom. The van der Waals surface area contributed by atoms with Crippen molar-refractivity contribution in [1.82, 2.24) is 10.6 Å². The van der Waals surface area contributed by atoms with Crippen LogP contribution in [-0.4, -0.2) is 39.3 Å². The molecular formula is C11H23ClN2O2. The van der Waals surface area contributed by atoms with Crippen LogP contribution in [0.15, 0.2) is 0 Å². The third-order valence-corrected chi connectivity index (χ3v) is 2.81. The fraction of sp³-hybridized carbons (Fsp3) is 0.909. The molecular weight excluding hydrogens is 228 g/mol. The summed E-state index contributed by atoms with van der Waals surface area (Å²) in [6, 6.07) is 0. The summed E-state index contributed by atoms with van der Waals surface area (Å²) in [5.74, 6) is 0.835. The van der Waals surface area contributed by atoms with Crippen LogP contribution >= 0.6 is 12.4 Å². The van der Waals surface area contributed by atoms with Gasteiger partial charge in [0.15, 0.2) is 0 Å². The van der Waals surface area contributed by atoms with Gasteiger partial charge in [0.2, 0.25) is 5.91 Å². The summed E-state index contributed by atoms with van der Waals surface area (Å²) in [7, 11) is 1.61. The Labute approximate surface area is 104 Å². The van der Waals surface area contributed by atoms with Crippen LogP contribution in [0.4, 0.5) is 0 Å². The van der Waals surface area contributed by atoms with Gasteiger partial charge in [0, 0.05) is 20.1 Å². The van der Waals surface area contributed by atoms with Gasteiger partial charge >= 0.3 is 0 Å². The van der Waals surface area contributed by atoms with Gasteiger partial charge < -0.3 is 15.4 Å². The normalized spacial score (nSPS) is 19.9. The third-order valence-electron chi connectivity index (χ3n) is 2.81. The summed E-state index contributed by atoms with van der Waals surface area (Å²) in [4.78, 5) is 11.2. The molecule has 0 bridgehead atoms. The van der Waals surface area contributed by atoms with E-state index < -0.39 is 0 Å². The van der Waals surface area contributed by atoms with E-state index >= 15 is 0 Å². The van der Waals surface area contributed by atoms with Gasteiger partial charge in [0.25, 0.3) is 0 Å². The molecule has 0 saturated carbocycles. The van der Waals surface area contributed by atoms with Crippen molar-refractivity contribution in [1.29, 1.82) is 0 Å². The van der Waals surface area contributed by atoms with Crippen molar-refractivity contribution in [3.63, 3.8) is 0 Å². The minimum atomic E-state index is 0. The van der Waals surface area contributed by atoms with Crippen LogP contribution in [-0.2, 0) is 9.53 Å². The van der Waals surface area contributed by atoms with Gasteiger partial charge in [0.1, 0.15) is 0 Å². The summed E-state index contributed by atoms with van der Waals surface area (Å²) in [6.45, 7) is 3.57. The molecule has 0 aliphatic carbocycles.